The van der Waals surface area contributed by atoms with Gasteiger partial charge in [0.15, 0.2) is 6.10 Å². The zero-order valence-electron chi connectivity index (χ0n) is 12.6. The van der Waals surface area contributed by atoms with Crippen LogP contribution in [0.4, 0.5) is 0 Å². The van der Waals surface area contributed by atoms with E-state index in [9.17, 15) is 4.79 Å². The minimum Gasteiger partial charge on any atom is -0.460 e. The quantitative estimate of drug-likeness (QED) is 0.851. The number of carbonyl (C=O) groups excluding carboxylic acids is 1. The number of Topliss-reactive ketones (excluding diaryl/α,β-unsaturated/α-hetero) is 1. The summed E-state index contributed by atoms with van der Waals surface area (Å²) in [5.74, 6) is 0.438. The standard InChI is InChI=1S/C17H16N2O3S/c1-11-2-4-13(5-3-11)15-14(20)16(17(18)21-15)22-23-10-12-6-8-19-9-7-12/h2-9,15H,10,18H2,1H3. The molecule has 118 valence electrons. The number of carbonyl (C=O) groups is 1. The van der Waals surface area contributed by atoms with Gasteiger partial charge in [0.1, 0.15) is 0 Å². The maximum absolute atomic E-state index is 12.4. The maximum atomic E-state index is 12.4. The van der Waals surface area contributed by atoms with E-state index in [-0.39, 0.29) is 17.4 Å². The van der Waals surface area contributed by atoms with E-state index in [1.807, 2.05) is 43.3 Å². The summed E-state index contributed by atoms with van der Waals surface area (Å²) in [6.07, 6.45) is 2.69. The Morgan fingerprint density at radius 1 is 1.22 bits per heavy atom. The van der Waals surface area contributed by atoms with E-state index in [1.165, 1.54) is 0 Å². The molecule has 0 bridgehead atoms. The van der Waals surface area contributed by atoms with Gasteiger partial charge in [-0.25, -0.2) is 0 Å². The van der Waals surface area contributed by atoms with Gasteiger partial charge in [-0.3, -0.25) is 9.78 Å². The Labute approximate surface area is 138 Å². The van der Waals surface area contributed by atoms with Gasteiger partial charge in [-0.2, -0.15) is 0 Å². The monoisotopic (exact) mass is 328 g/mol. The molecule has 1 aromatic heterocycles. The Bertz CT molecular complexity index is 729. The number of hydrogen-bond acceptors (Lipinski definition) is 6. The van der Waals surface area contributed by atoms with Crippen LogP contribution in [0.1, 0.15) is 22.8 Å². The van der Waals surface area contributed by atoms with Crippen LogP contribution in [0.3, 0.4) is 0 Å². The predicted octanol–water partition coefficient (Wildman–Crippen LogP) is 3.02. The van der Waals surface area contributed by atoms with Crippen molar-refractivity contribution < 1.29 is 13.7 Å². The fourth-order valence-electron chi connectivity index (χ4n) is 2.15. The zero-order chi connectivity index (χ0) is 16.2. The van der Waals surface area contributed by atoms with Crippen molar-refractivity contribution in [2.75, 3.05) is 0 Å². The molecule has 1 aliphatic heterocycles. The lowest BCUT2D eigenvalue weighted by molar-refractivity contribution is -0.122. The van der Waals surface area contributed by atoms with Crippen LogP contribution in [0.25, 0.3) is 0 Å². The number of ether oxygens (including phenoxy) is 1. The summed E-state index contributed by atoms with van der Waals surface area (Å²) in [7, 11) is 0. The summed E-state index contributed by atoms with van der Waals surface area (Å²) in [5.41, 5.74) is 8.72. The van der Waals surface area contributed by atoms with Gasteiger partial charge in [0, 0.05) is 18.0 Å². The largest absolute Gasteiger partial charge is 0.460 e. The van der Waals surface area contributed by atoms with Gasteiger partial charge in [-0.15, -0.1) is 0 Å². The summed E-state index contributed by atoms with van der Waals surface area (Å²) < 4.78 is 11.0. The van der Waals surface area contributed by atoms with E-state index in [0.29, 0.717) is 5.75 Å². The second kappa shape index (κ2) is 6.75. The van der Waals surface area contributed by atoms with E-state index < -0.39 is 6.10 Å². The molecule has 23 heavy (non-hydrogen) atoms. The van der Waals surface area contributed by atoms with E-state index in [2.05, 4.69) is 4.98 Å². The third kappa shape index (κ3) is 3.48. The first kappa shape index (κ1) is 15.4. The number of hydrogen-bond donors (Lipinski definition) is 1. The Hall–Kier alpha value is -2.47. The first-order chi connectivity index (χ1) is 11.1. The van der Waals surface area contributed by atoms with Crippen molar-refractivity contribution in [3.05, 3.63) is 77.1 Å². The molecular formula is C17H16N2O3S. The average molecular weight is 328 g/mol. The summed E-state index contributed by atoms with van der Waals surface area (Å²) >= 11 is 1.14. The minimum atomic E-state index is -0.730. The molecule has 2 aromatic rings. The van der Waals surface area contributed by atoms with E-state index in [0.717, 1.165) is 28.7 Å². The highest BCUT2D eigenvalue weighted by atomic mass is 32.2. The molecule has 6 heteroatoms. The summed E-state index contributed by atoms with van der Waals surface area (Å²) in [6, 6.07) is 11.3. The Morgan fingerprint density at radius 3 is 2.61 bits per heavy atom. The molecule has 1 unspecified atom stereocenters. The van der Waals surface area contributed by atoms with Crippen molar-refractivity contribution in [1.82, 2.24) is 4.98 Å². The van der Waals surface area contributed by atoms with Gasteiger partial charge in [0.2, 0.25) is 17.4 Å². The second-order valence-electron chi connectivity index (χ2n) is 5.17. The van der Waals surface area contributed by atoms with Crippen molar-refractivity contribution in [3.63, 3.8) is 0 Å². The molecule has 0 fully saturated rings. The molecule has 5 nitrogen and oxygen atoms in total. The van der Waals surface area contributed by atoms with Crippen LogP contribution < -0.4 is 5.73 Å². The van der Waals surface area contributed by atoms with Crippen LogP contribution in [0.15, 0.2) is 60.4 Å². The smallest absolute Gasteiger partial charge is 0.249 e. The number of benzene rings is 1. The number of ketones is 1. The summed E-state index contributed by atoms with van der Waals surface area (Å²) in [4.78, 5) is 16.4. The molecule has 1 aliphatic rings. The third-order valence-corrected chi connectivity index (χ3v) is 4.16. The SMILES string of the molecule is Cc1ccc(C2OC(N)=C(OSCc3ccncc3)C2=O)cc1. The van der Waals surface area contributed by atoms with Gasteiger partial charge in [-0.05, 0) is 24.6 Å². The topological polar surface area (TPSA) is 74.4 Å². The lowest BCUT2D eigenvalue weighted by Crippen LogP contribution is -2.10. The normalized spacial score (nSPS) is 17.3. The highest BCUT2D eigenvalue weighted by Crippen LogP contribution is 2.33. The predicted molar refractivity (Wildman–Crippen MR) is 87.8 cm³/mol. The van der Waals surface area contributed by atoms with Crippen molar-refractivity contribution in [3.8, 4) is 0 Å². The van der Waals surface area contributed by atoms with E-state index >= 15 is 0 Å². The molecule has 2 N–H and O–H groups in total. The van der Waals surface area contributed by atoms with Gasteiger partial charge in [-0.1, -0.05) is 29.8 Å². The summed E-state index contributed by atoms with van der Waals surface area (Å²) in [5, 5.41) is 0. The first-order valence-electron chi connectivity index (χ1n) is 7.10. The van der Waals surface area contributed by atoms with Gasteiger partial charge in [0.05, 0.1) is 17.8 Å². The van der Waals surface area contributed by atoms with Crippen LogP contribution in [0.5, 0.6) is 0 Å². The number of nitrogens with zero attached hydrogens (tertiary/aromatic N) is 1. The van der Waals surface area contributed by atoms with E-state index in [1.54, 1.807) is 12.4 Å². The fourth-order valence-corrected chi connectivity index (χ4v) is 2.82. The third-order valence-electron chi connectivity index (χ3n) is 3.43. The molecule has 0 saturated carbocycles. The Balaban J connectivity index is 1.63. The van der Waals surface area contributed by atoms with Gasteiger partial charge in [0.25, 0.3) is 0 Å². The fraction of sp³-hybridized carbons (Fsp3) is 0.176. The van der Waals surface area contributed by atoms with Gasteiger partial charge >= 0.3 is 0 Å². The Kier molecular flexibility index (Phi) is 4.52. The molecule has 1 atom stereocenters. The molecular weight excluding hydrogens is 312 g/mol. The second-order valence-corrected chi connectivity index (χ2v) is 5.86. The first-order valence-corrected chi connectivity index (χ1v) is 8.02. The zero-order valence-corrected chi connectivity index (χ0v) is 13.4. The van der Waals surface area contributed by atoms with Crippen molar-refractivity contribution >= 4 is 17.8 Å². The number of nitrogens with two attached hydrogens (primary N) is 1. The van der Waals surface area contributed by atoms with Crippen LogP contribution in [0, 0.1) is 6.92 Å². The van der Waals surface area contributed by atoms with Crippen molar-refractivity contribution in [2.24, 2.45) is 5.73 Å². The molecule has 0 amide bonds. The molecule has 0 radical (unpaired) electrons. The number of aromatic nitrogens is 1. The lowest BCUT2D eigenvalue weighted by atomic mass is 10.0. The highest BCUT2D eigenvalue weighted by molar-refractivity contribution is 7.94. The molecule has 0 spiro atoms. The lowest BCUT2D eigenvalue weighted by Gasteiger charge is -2.09. The van der Waals surface area contributed by atoms with Crippen LogP contribution in [-0.2, 0) is 19.5 Å². The van der Waals surface area contributed by atoms with Crippen LogP contribution in [0.2, 0.25) is 0 Å². The van der Waals surface area contributed by atoms with Crippen LogP contribution in [-0.4, -0.2) is 10.8 Å². The van der Waals surface area contributed by atoms with Gasteiger partial charge < -0.3 is 14.7 Å². The molecule has 0 aliphatic carbocycles. The number of aryl methyl sites for hydroxylation is 1. The Morgan fingerprint density at radius 2 is 1.91 bits per heavy atom. The molecule has 1 aromatic carbocycles. The minimum absolute atomic E-state index is 0.0304. The molecule has 0 saturated heterocycles. The number of pyridine rings is 1. The number of rotatable bonds is 5. The highest BCUT2D eigenvalue weighted by Gasteiger charge is 2.37. The average Bonchev–Trinajstić information content (AvgIpc) is 2.85. The van der Waals surface area contributed by atoms with Crippen molar-refractivity contribution in [2.45, 2.75) is 18.8 Å². The van der Waals surface area contributed by atoms with Crippen molar-refractivity contribution in [1.29, 1.82) is 0 Å². The maximum Gasteiger partial charge on any atom is 0.249 e. The molecule has 2 heterocycles. The summed E-state index contributed by atoms with van der Waals surface area (Å²) in [6.45, 7) is 1.98. The molecule has 3 rings (SSSR count). The van der Waals surface area contributed by atoms with Crippen LogP contribution >= 0.6 is 12.0 Å². The van der Waals surface area contributed by atoms with E-state index in [4.69, 9.17) is 14.7 Å².